The summed E-state index contributed by atoms with van der Waals surface area (Å²) in [5.41, 5.74) is -0.0490. The van der Waals surface area contributed by atoms with E-state index in [4.69, 9.17) is 5.11 Å². The Balaban J connectivity index is 1.68. The highest BCUT2D eigenvalue weighted by atomic mass is 16.4. The van der Waals surface area contributed by atoms with Gasteiger partial charge in [-0.2, -0.15) is 0 Å². The maximum absolute atomic E-state index is 12.3. The number of rotatable bonds is 9. The van der Waals surface area contributed by atoms with E-state index in [0.29, 0.717) is 19.0 Å². The first-order chi connectivity index (χ1) is 9.87. The molecule has 2 saturated carbocycles. The van der Waals surface area contributed by atoms with Crippen molar-refractivity contribution < 1.29 is 14.7 Å². The number of carboxylic acids is 1. The summed E-state index contributed by atoms with van der Waals surface area (Å²) in [6, 6.07) is 0.532. The van der Waals surface area contributed by atoms with E-state index in [1.807, 2.05) is 4.90 Å². The zero-order valence-corrected chi connectivity index (χ0v) is 13.2. The van der Waals surface area contributed by atoms with Crippen molar-refractivity contribution in [3.63, 3.8) is 0 Å². The van der Waals surface area contributed by atoms with E-state index in [2.05, 4.69) is 19.2 Å². The summed E-state index contributed by atoms with van der Waals surface area (Å²) in [5, 5.41) is 11.8. The predicted octanol–water partition coefficient (Wildman–Crippen LogP) is 2.85. The maximum atomic E-state index is 12.3. The number of hydrogen-bond donors (Lipinski definition) is 2. The molecule has 5 heteroatoms. The van der Waals surface area contributed by atoms with Crippen LogP contribution in [0.5, 0.6) is 0 Å². The quantitative estimate of drug-likeness (QED) is 0.687. The fourth-order valence-corrected chi connectivity index (χ4v) is 2.54. The summed E-state index contributed by atoms with van der Waals surface area (Å²) in [7, 11) is 0. The van der Waals surface area contributed by atoms with Crippen LogP contribution in [0.4, 0.5) is 4.79 Å². The van der Waals surface area contributed by atoms with E-state index in [-0.39, 0.29) is 17.9 Å². The average molecular weight is 296 g/mol. The number of nitrogens with zero attached hydrogens (tertiary/aromatic N) is 1. The molecular formula is C16H28N2O3. The zero-order valence-electron chi connectivity index (χ0n) is 13.2. The number of aliphatic carboxylic acids is 1. The van der Waals surface area contributed by atoms with Gasteiger partial charge in [-0.05, 0) is 49.9 Å². The molecule has 2 fully saturated rings. The number of urea groups is 1. The summed E-state index contributed by atoms with van der Waals surface area (Å²) >= 11 is 0. The highest BCUT2D eigenvalue weighted by Gasteiger charge is 2.36. The van der Waals surface area contributed by atoms with Gasteiger partial charge in [0.1, 0.15) is 0 Å². The second-order valence-electron chi connectivity index (χ2n) is 7.37. The smallest absolute Gasteiger partial charge is 0.317 e. The molecule has 0 unspecified atom stereocenters. The Labute approximate surface area is 127 Å². The van der Waals surface area contributed by atoms with Gasteiger partial charge in [-0.3, -0.25) is 4.79 Å². The molecule has 0 aromatic rings. The van der Waals surface area contributed by atoms with Crippen molar-refractivity contribution in [3.05, 3.63) is 0 Å². The first kappa shape index (κ1) is 16.1. The molecule has 0 heterocycles. The molecule has 0 aliphatic heterocycles. The minimum absolute atomic E-state index is 0.0490. The standard InChI is InChI=1S/C16H28N2O3/c1-16(2,8-7-14(19)20)9-10-17-15(21)18(13-5-6-13)11-12-3-4-12/h12-13H,3-11H2,1-2H3,(H,17,21)(H,19,20). The molecule has 0 spiro atoms. The molecule has 120 valence electrons. The Morgan fingerprint density at radius 3 is 2.38 bits per heavy atom. The first-order valence-electron chi connectivity index (χ1n) is 8.14. The van der Waals surface area contributed by atoms with Gasteiger partial charge in [0, 0.05) is 25.6 Å². The van der Waals surface area contributed by atoms with E-state index in [9.17, 15) is 9.59 Å². The van der Waals surface area contributed by atoms with Gasteiger partial charge in [-0.1, -0.05) is 13.8 Å². The number of amides is 2. The van der Waals surface area contributed by atoms with Crippen LogP contribution in [0.25, 0.3) is 0 Å². The van der Waals surface area contributed by atoms with E-state index in [0.717, 1.165) is 31.7 Å². The Bertz CT molecular complexity index is 387. The molecule has 2 amide bonds. The van der Waals surface area contributed by atoms with Gasteiger partial charge in [-0.15, -0.1) is 0 Å². The van der Waals surface area contributed by atoms with Crippen LogP contribution in [-0.4, -0.2) is 41.1 Å². The average Bonchev–Trinajstić information content (AvgIpc) is 3.25. The lowest BCUT2D eigenvalue weighted by Crippen LogP contribution is -2.43. The molecule has 2 N–H and O–H groups in total. The third kappa shape index (κ3) is 5.94. The van der Waals surface area contributed by atoms with E-state index >= 15 is 0 Å². The third-order valence-electron chi connectivity index (χ3n) is 4.49. The Morgan fingerprint density at radius 2 is 1.86 bits per heavy atom. The van der Waals surface area contributed by atoms with E-state index in [1.165, 1.54) is 12.8 Å². The number of nitrogens with one attached hydrogen (secondary N) is 1. The van der Waals surface area contributed by atoms with Gasteiger partial charge in [0.05, 0.1) is 0 Å². The molecule has 2 aliphatic carbocycles. The van der Waals surface area contributed by atoms with Crippen LogP contribution in [0.3, 0.4) is 0 Å². The van der Waals surface area contributed by atoms with Gasteiger partial charge >= 0.3 is 12.0 Å². The number of hydrogen-bond acceptors (Lipinski definition) is 2. The van der Waals surface area contributed by atoms with Gasteiger partial charge in [0.25, 0.3) is 0 Å². The largest absolute Gasteiger partial charge is 0.481 e. The van der Waals surface area contributed by atoms with Gasteiger partial charge in [0.15, 0.2) is 0 Å². The van der Waals surface area contributed by atoms with Crippen LogP contribution in [0.2, 0.25) is 0 Å². The minimum atomic E-state index is -0.753. The Morgan fingerprint density at radius 1 is 1.19 bits per heavy atom. The fourth-order valence-electron chi connectivity index (χ4n) is 2.54. The van der Waals surface area contributed by atoms with Crippen LogP contribution in [0.1, 0.15) is 58.8 Å². The minimum Gasteiger partial charge on any atom is -0.481 e. The molecule has 2 aliphatic rings. The van der Waals surface area contributed by atoms with Gasteiger partial charge in [0.2, 0.25) is 0 Å². The lowest BCUT2D eigenvalue weighted by atomic mass is 9.84. The van der Waals surface area contributed by atoms with Crippen LogP contribution >= 0.6 is 0 Å². The number of carbonyl (C=O) groups is 2. The third-order valence-corrected chi connectivity index (χ3v) is 4.49. The highest BCUT2D eigenvalue weighted by molar-refractivity contribution is 5.75. The molecule has 0 radical (unpaired) electrons. The van der Waals surface area contributed by atoms with Gasteiger partial charge < -0.3 is 15.3 Å². The van der Waals surface area contributed by atoms with Crippen molar-refractivity contribution in [1.82, 2.24) is 10.2 Å². The lowest BCUT2D eigenvalue weighted by Gasteiger charge is -2.26. The molecule has 5 nitrogen and oxygen atoms in total. The molecule has 0 aromatic carbocycles. The van der Waals surface area contributed by atoms with Crippen molar-refractivity contribution in [2.75, 3.05) is 13.1 Å². The molecule has 0 atom stereocenters. The first-order valence-corrected chi connectivity index (χ1v) is 8.14. The van der Waals surface area contributed by atoms with E-state index < -0.39 is 5.97 Å². The van der Waals surface area contributed by atoms with Crippen molar-refractivity contribution in [2.45, 2.75) is 64.8 Å². The molecular weight excluding hydrogens is 268 g/mol. The topological polar surface area (TPSA) is 69.6 Å². The summed E-state index contributed by atoms with van der Waals surface area (Å²) in [5.74, 6) is -0.0280. The van der Waals surface area contributed by atoms with Crippen LogP contribution in [-0.2, 0) is 4.79 Å². The van der Waals surface area contributed by atoms with Crippen molar-refractivity contribution >= 4 is 12.0 Å². The maximum Gasteiger partial charge on any atom is 0.317 e. The molecule has 0 saturated heterocycles. The highest BCUT2D eigenvalue weighted by Crippen LogP contribution is 2.34. The Kier molecular flexibility index (Phi) is 5.12. The molecule has 21 heavy (non-hydrogen) atoms. The summed E-state index contributed by atoms with van der Waals surface area (Å²) < 4.78 is 0. The molecule has 2 rings (SSSR count). The number of carbonyl (C=O) groups excluding carboxylic acids is 1. The normalized spacial score (nSPS) is 18.4. The monoisotopic (exact) mass is 296 g/mol. The second-order valence-corrected chi connectivity index (χ2v) is 7.37. The van der Waals surface area contributed by atoms with Crippen molar-refractivity contribution in [2.24, 2.45) is 11.3 Å². The lowest BCUT2D eigenvalue weighted by molar-refractivity contribution is -0.137. The SMILES string of the molecule is CC(C)(CCNC(=O)N(CC1CC1)C1CC1)CCC(=O)O. The summed E-state index contributed by atoms with van der Waals surface area (Å²) in [6.07, 6.45) is 6.46. The second kappa shape index (κ2) is 6.67. The van der Waals surface area contributed by atoms with E-state index in [1.54, 1.807) is 0 Å². The number of carboxylic acid groups (broad SMARTS) is 1. The molecule has 0 bridgehead atoms. The van der Waals surface area contributed by atoms with Crippen molar-refractivity contribution in [3.8, 4) is 0 Å². The van der Waals surface area contributed by atoms with Gasteiger partial charge in [-0.25, -0.2) is 4.79 Å². The zero-order chi connectivity index (χ0) is 15.5. The summed E-state index contributed by atoms with van der Waals surface area (Å²) in [4.78, 5) is 24.9. The van der Waals surface area contributed by atoms with Crippen LogP contribution < -0.4 is 5.32 Å². The van der Waals surface area contributed by atoms with Crippen LogP contribution in [0.15, 0.2) is 0 Å². The Hall–Kier alpha value is -1.26. The predicted molar refractivity (Wildman–Crippen MR) is 81.1 cm³/mol. The van der Waals surface area contributed by atoms with Crippen LogP contribution in [0, 0.1) is 11.3 Å². The summed E-state index contributed by atoms with van der Waals surface area (Å²) in [6.45, 7) is 5.66. The molecule has 0 aromatic heterocycles. The van der Waals surface area contributed by atoms with Crippen molar-refractivity contribution in [1.29, 1.82) is 0 Å². The fraction of sp³-hybridized carbons (Fsp3) is 0.875.